The highest BCUT2D eigenvalue weighted by Crippen LogP contribution is 2.34. The fourth-order valence-corrected chi connectivity index (χ4v) is 4.48. The average Bonchev–Trinajstić information content (AvgIpc) is 3.39. The van der Waals surface area contributed by atoms with Crippen molar-refractivity contribution in [2.24, 2.45) is 5.73 Å². The fraction of sp³-hybridized carbons (Fsp3) is 0.0741. The Morgan fingerprint density at radius 2 is 1.91 bits per heavy atom. The summed E-state index contributed by atoms with van der Waals surface area (Å²) in [6.07, 6.45) is 9.88. The second kappa shape index (κ2) is 7.69. The zero-order chi connectivity index (χ0) is 22.4. The van der Waals surface area contributed by atoms with E-state index in [0.29, 0.717) is 17.8 Å². The maximum Gasteiger partial charge on any atom is 0.257 e. The van der Waals surface area contributed by atoms with E-state index < -0.39 is 0 Å². The summed E-state index contributed by atoms with van der Waals surface area (Å²) in [5.41, 5.74) is 12.0. The van der Waals surface area contributed by atoms with E-state index in [-0.39, 0.29) is 11.9 Å². The quantitative estimate of drug-likeness (QED) is 0.360. The molecule has 6 nitrogen and oxygen atoms in total. The molecule has 0 aliphatic carbocycles. The Bertz CT molecular complexity index is 1570. The highest BCUT2D eigenvalue weighted by atomic mass is 16.2. The summed E-state index contributed by atoms with van der Waals surface area (Å²) in [4.78, 5) is 24.7. The number of fused-ring (bicyclic) bond motifs is 3. The van der Waals surface area contributed by atoms with Gasteiger partial charge in [0.2, 0.25) is 0 Å². The van der Waals surface area contributed by atoms with Crippen molar-refractivity contribution >= 4 is 39.0 Å². The van der Waals surface area contributed by atoms with Gasteiger partial charge in [0, 0.05) is 63.8 Å². The van der Waals surface area contributed by atoms with Gasteiger partial charge in [-0.05, 0) is 47.2 Å². The summed E-state index contributed by atoms with van der Waals surface area (Å²) in [6, 6.07) is 18.0. The van der Waals surface area contributed by atoms with Crippen molar-refractivity contribution in [3.8, 4) is 11.1 Å². The summed E-state index contributed by atoms with van der Waals surface area (Å²) in [5, 5.41) is 6.20. The van der Waals surface area contributed by atoms with Crippen molar-refractivity contribution in [2.45, 2.75) is 12.5 Å². The first kappa shape index (κ1) is 19.4. The van der Waals surface area contributed by atoms with Crippen LogP contribution in [0.4, 0.5) is 5.82 Å². The molecule has 0 bridgehead atoms. The number of rotatable bonds is 4. The van der Waals surface area contributed by atoms with Gasteiger partial charge in [-0.15, -0.1) is 0 Å². The largest absolute Gasteiger partial charge is 0.361 e. The van der Waals surface area contributed by atoms with Gasteiger partial charge in [-0.1, -0.05) is 36.4 Å². The van der Waals surface area contributed by atoms with Gasteiger partial charge < -0.3 is 16.0 Å². The molecule has 1 aliphatic rings. The van der Waals surface area contributed by atoms with E-state index in [0.717, 1.165) is 43.9 Å². The lowest BCUT2D eigenvalue weighted by Crippen LogP contribution is -2.21. The van der Waals surface area contributed by atoms with Crippen molar-refractivity contribution in [1.29, 1.82) is 0 Å². The number of nitrogens with zero attached hydrogens (tertiary/aromatic N) is 2. The van der Waals surface area contributed by atoms with E-state index in [1.807, 2.05) is 60.9 Å². The van der Waals surface area contributed by atoms with E-state index >= 15 is 0 Å². The molecular formula is C27H21N5O. The molecule has 6 heteroatoms. The zero-order valence-electron chi connectivity index (χ0n) is 17.7. The number of amides is 1. The second-order valence-electron chi connectivity index (χ2n) is 8.32. The van der Waals surface area contributed by atoms with E-state index in [4.69, 9.17) is 5.73 Å². The molecular weight excluding hydrogens is 410 g/mol. The number of nitrogens with two attached hydrogens (primary N) is 1. The lowest BCUT2D eigenvalue weighted by molar-refractivity contribution is -0.110. The van der Waals surface area contributed by atoms with Crippen molar-refractivity contribution in [1.82, 2.24) is 15.0 Å². The average molecular weight is 431 g/mol. The zero-order valence-corrected chi connectivity index (χ0v) is 17.7. The summed E-state index contributed by atoms with van der Waals surface area (Å²) >= 11 is 0. The van der Waals surface area contributed by atoms with E-state index in [9.17, 15) is 4.79 Å². The minimum atomic E-state index is -0.312. The molecule has 1 atom stereocenters. The Balaban J connectivity index is 1.34. The summed E-state index contributed by atoms with van der Waals surface area (Å²) in [7, 11) is 0. The third kappa shape index (κ3) is 3.46. The van der Waals surface area contributed by atoms with Crippen LogP contribution in [0.25, 0.3) is 38.4 Å². The Morgan fingerprint density at radius 1 is 1.00 bits per heavy atom. The summed E-state index contributed by atoms with van der Waals surface area (Å²) < 4.78 is 0. The van der Waals surface area contributed by atoms with Crippen LogP contribution in [0.1, 0.15) is 11.1 Å². The van der Waals surface area contributed by atoms with Crippen molar-refractivity contribution in [2.75, 3.05) is 5.32 Å². The molecule has 0 spiro atoms. The standard InChI is InChI=1S/C27H21N5O/c28-21(10-20-15-30-25-4-2-1-3-22(20)25)12-24-23-11-19(14-31-26(23)32-27(24)33)16-5-6-18-13-29-8-7-17(18)9-16/h1-9,11-15,21,30H,10,28H2,(H,31,32,33)/t21-/m1/s1. The minimum absolute atomic E-state index is 0.173. The first-order valence-corrected chi connectivity index (χ1v) is 10.8. The van der Waals surface area contributed by atoms with Crippen LogP contribution in [0.2, 0.25) is 0 Å². The smallest absolute Gasteiger partial charge is 0.257 e. The van der Waals surface area contributed by atoms with Crippen molar-refractivity contribution < 1.29 is 4.79 Å². The number of hydrogen-bond donors (Lipinski definition) is 3. The number of carbonyl (C=O) groups is 1. The number of nitrogens with one attached hydrogen (secondary N) is 2. The van der Waals surface area contributed by atoms with Gasteiger partial charge >= 0.3 is 0 Å². The molecule has 1 amide bonds. The monoisotopic (exact) mass is 431 g/mol. The Morgan fingerprint density at radius 3 is 2.85 bits per heavy atom. The van der Waals surface area contributed by atoms with E-state index in [1.54, 1.807) is 12.4 Å². The van der Waals surface area contributed by atoms with Crippen molar-refractivity contribution in [3.05, 3.63) is 96.6 Å². The third-order valence-corrected chi connectivity index (χ3v) is 6.14. The molecule has 1 aliphatic heterocycles. The van der Waals surface area contributed by atoms with Crippen LogP contribution in [0.5, 0.6) is 0 Å². The van der Waals surface area contributed by atoms with E-state index in [2.05, 4.69) is 32.4 Å². The van der Waals surface area contributed by atoms with Crippen LogP contribution in [0.15, 0.2) is 85.5 Å². The number of H-pyrrole nitrogens is 1. The van der Waals surface area contributed by atoms with Crippen LogP contribution in [0, 0.1) is 0 Å². The first-order chi connectivity index (χ1) is 16.2. The molecule has 0 saturated heterocycles. The molecule has 33 heavy (non-hydrogen) atoms. The summed E-state index contributed by atoms with van der Waals surface area (Å²) in [6.45, 7) is 0. The van der Waals surface area contributed by atoms with Crippen LogP contribution < -0.4 is 11.1 Å². The molecule has 0 fully saturated rings. The van der Waals surface area contributed by atoms with Gasteiger partial charge in [-0.2, -0.15) is 0 Å². The number of pyridine rings is 2. The Labute approximate surface area is 190 Å². The number of carbonyl (C=O) groups excluding carboxylic acids is 1. The number of benzene rings is 2. The van der Waals surface area contributed by atoms with Crippen LogP contribution in [0.3, 0.4) is 0 Å². The first-order valence-electron chi connectivity index (χ1n) is 10.8. The molecule has 160 valence electrons. The molecule has 6 rings (SSSR count). The maximum absolute atomic E-state index is 12.7. The lowest BCUT2D eigenvalue weighted by Gasteiger charge is -2.09. The molecule has 4 N–H and O–H groups in total. The van der Waals surface area contributed by atoms with Crippen LogP contribution in [-0.2, 0) is 11.2 Å². The molecule has 0 radical (unpaired) electrons. The number of hydrogen-bond acceptors (Lipinski definition) is 4. The highest BCUT2D eigenvalue weighted by molar-refractivity contribution is 6.31. The number of anilines is 1. The lowest BCUT2D eigenvalue weighted by atomic mass is 9.98. The molecule has 3 aromatic heterocycles. The van der Waals surface area contributed by atoms with Crippen molar-refractivity contribution in [3.63, 3.8) is 0 Å². The van der Waals surface area contributed by atoms with Gasteiger partial charge in [0.05, 0.1) is 0 Å². The topological polar surface area (TPSA) is 96.7 Å². The molecule has 0 unspecified atom stereocenters. The molecule has 4 heterocycles. The normalized spacial score (nSPS) is 15.2. The molecule has 5 aromatic rings. The molecule has 0 saturated carbocycles. The van der Waals surface area contributed by atoms with Gasteiger partial charge in [0.15, 0.2) is 0 Å². The van der Waals surface area contributed by atoms with Gasteiger partial charge in [0.25, 0.3) is 5.91 Å². The van der Waals surface area contributed by atoms with Crippen LogP contribution >= 0.6 is 0 Å². The number of aromatic amines is 1. The maximum atomic E-state index is 12.7. The summed E-state index contributed by atoms with van der Waals surface area (Å²) in [5.74, 6) is 0.396. The van der Waals surface area contributed by atoms with Gasteiger partial charge in [-0.25, -0.2) is 4.98 Å². The van der Waals surface area contributed by atoms with Gasteiger partial charge in [-0.3, -0.25) is 9.78 Å². The number of aromatic nitrogens is 3. The van der Waals surface area contributed by atoms with E-state index in [1.165, 1.54) is 0 Å². The minimum Gasteiger partial charge on any atom is -0.361 e. The third-order valence-electron chi connectivity index (χ3n) is 6.14. The van der Waals surface area contributed by atoms with Gasteiger partial charge in [0.1, 0.15) is 5.82 Å². The Hall–Kier alpha value is -4.29. The second-order valence-corrected chi connectivity index (χ2v) is 8.32. The fourth-order valence-electron chi connectivity index (χ4n) is 4.48. The predicted molar refractivity (Wildman–Crippen MR) is 132 cm³/mol. The predicted octanol–water partition coefficient (Wildman–Crippen LogP) is 4.68. The highest BCUT2D eigenvalue weighted by Gasteiger charge is 2.26. The Kier molecular flexibility index (Phi) is 4.52. The molecule has 2 aromatic carbocycles. The SMILES string of the molecule is N[C@@H](C=C1C(=O)Nc2ncc(-c3ccc4cnccc4c3)cc21)Cc1c[nH]c2ccccc12. The van der Waals surface area contributed by atoms with Crippen LogP contribution in [-0.4, -0.2) is 26.9 Å². The number of para-hydroxylation sites is 1.